The summed E-state index contributed by atoms with van der Waals surface area (Å²) in [6.07, 6.45) is 4.79. The predicted octanol–water partition coefficient (Wildman–Crippen LogP) is 3.63. The van der Waals surface area contributed by atoms with E-state index in [-0.39, 0.29) is 11.9 Å². The zero-order valence-corrected chi connectivity index (χ0v) is 13.1. The van der Waals surface area contributed by atoms with Crippen LogP contribution >= 0.6 is 0 Å². The number of benzene rings is 1. The fraction of sp³-hybridized carbons (Fsp3) is 0.588. The molecule has 112 valence electrons. The van der Waals surface area contributed by atoms with Gasteiger partial charge in [0, 0.05) is 24.7 Å². The molecular weight excluding hydrogens is 248 g/mol. The van der Waals surface area contributed by atoms with Gasteiger partial charge in [-0.2, -0.15) is 0 Å². The number of amides is 1. The van der Waals surface area contributed by atoms with Crippen LogP contribution < -0.4 is 5.73 Å². The summed E-state index contributed by atoms with van der Waals surface area (Å²) in [5.41, 5.74) is 7.66. The van der Waals surface area contributed by atoms with Crippen molar-refractivity contribution >= 4 is 11.6 Å². The van der Waals surface area contributed by atoms with Crippen LogP contribution in [0, 0.1) is 0 Å². The average molecular weight is 276 g/mol. The molecule has 0 aliphatic rings. The summed E-state index contributed by atoms with van der Waals surface area (Å²) in [6, 6.07) is 8.07. The standard InChI is InChI=1S/C17H28N2O/c1-4-5-6-12-19(14(2)3)17(20)11-10-15-8-7-9-16(18)13-15/h7-9,13-14H,4-6,10-12,18H2,1-3H3. The monoisotopic (exact) mass is 276 g/mol. The van der Waals surface area contributed by atoms with Gasteiger partial charge in [-0.15, -0.1) is 0 Å². The predicted molar refractivity (Wildman–Crippen MR) is 85.5 cm³/mol. The van der Waals surface area contributed by atoms with Crippen molar-refractivity contribution in [3.8, 4) is 0 Å². The number of nitrogens with two attached hydrogens (primary N) is 1. The molecule has 0 aromatic heterocycles. The van der Waals surface area contributed by atoms with Crippen LogP contribution in [0.25, 0.3) is 0 Å². The van der Waals surface area contributed by atoms with Gasteiger partial charge in [-0.1, -0.05) is 31.9 Å². The molecule has 1 rings (SSSR count). The molecule has 0 aliphatic carbocycles. The Bertz CT molecular complexity index is 415. The molecule has 0 saturated carbocycles. The van der Waals surface area contributed by atoms with Crippen LogP contribution in [0.1, 0.15) is 52.0 Å². The van der Waals surface area contributed by atoms with Gasteiger partial charge in [-0.25, -0.2) is 0 Å². The lowest BCUT2D eigenvalue weighted by atomic mass is 10.1. The lowest BCUT2D eigenvalue weighted by molar-refractivity contribution is -0.132. The van der Waals surface area contributed by atoms with Gasteiger partial charge >= 0.3 is 0 Å². The van der Waals surface area contributed by atoms with Crippen LogP contribution in [0.5, 0.6) is 0 Å². The summed E-state index contributed by atoms with van der Waals surface area (Å²) < 4.78 is 0. The first-order valence-electron chi connectivity index (χ1n) is 7.68. The van der Waals surface area contributed by atoms with Crippen LogP contribution in [0.2, 0.25) is 0 Å². The maximum absolute atomic E-state index is 12.3. The van der Waals surface area contributed by atoms with Crippen LogP contribution in [0.15, 0.2) is 24.3 Å². The van der Waals surface area contributed by atoms with E-state index in [4.69, 9.17) is 5.73 Å². The Balaban J connectivity index is 2.49. The maximum atomic E-state index is 12.3. The Labute approximate surface area is 123 Å². The van der Waals surface area contributed by atoms with Crippen molar-refractivity contribution in [1.82, 2.24) is 4.90 Å². The lowest BCUT2D eigenvalue weighted by Gasteiger charge is -2.27. The molecule has 0 bridgehead atoms. The number of nitrogens with zero attached hydrogens (tertiary/aromatic N) is 1. The van der Waals surface area contributed by atoms with E-state index < -0.39 is 0 Å². The van der Waals surface area contributed by atoms with Crippen LogP contribution in [-0.2, 0) is 11.2 Å². The van der Waals surface area contributed by atoms with E-state index in [1.54, 1.807) is 0 Å². The topological polar surface area (TPSA) is 46.3 Å². The van der Waals surface area contributed by atoms with Gasteiger partial charge in [0.05, 0.1) is 0 Å². The fourth-order valence-corrected chi connectivity index (χ4v) is 2.35. The number of rotatable bonds is 8. The molecule has 2 N–H and O–H groups in total. The Hall–Kier alpha value is -1.51. The Kier molecular flexibility index (Phi) is 7.13. The first-order valence-corrected chi connectivity index (χ1v) is 7.68. The second-order valence-corrected chi connectivity index (χ2v) is 5.63. The van der Waals surface area contributed by atoms with Crippen LogP contribution in [-0.4, -0.2) is 23.4 Å². The highest BCUT2D eigenvalue weighted by atomic mass is 16.2. The highest BCUT2D eigenvalue weighted by Crippen LogP contribution is 2.11. The largest absolute Gasteiger partial charge is 0.399 e. The third-order valence-corrected chi connectivity index (χ3v) is 3.52. The smallest absolute Gasteiger partial charge is 0.223 e. The fourth-order valence-electron chi connectivity index (χ4n) is 2.35. The van der Waals surface area contributed by atoms with Crippen LogP contribution in [0.4, 0.5) is 5.69 Å². The second kappa shape index (κ2) is 8.62. The number of hydrogen-bond acceptors (Lipinski definition) is 2. The molecule has 1 aromatic rings. The summed E-state index contributed by atoms with van der Waals surface area (Å²) in [4.78, 5) is 14.3. The number of aryl methyl sites for hydroxylation is 1. The number of anilines is 1. The van der Waals surface area contributed by atoms with Crippen molar-refractivity contribution in [2.45, 2.75) is 58.9 Å². The van der Waals surface area contributed by atoms with Gasteiger partial charge in [-0.05, 0) is 44.4 Å². The molecule has 0 radical (unpaired) electrons. The molecule has 0 aliphatic heterocycles. The van der Waals surface area contributed by atoms with Gasteiger partial charge in [0.25, 0.3) is 0 Å². The van der Waals surface area contributed by atoms with Crippen molar-refractivity contribution in [1.29, 1.82) is 0 Å². The number of carbonyl (C=O) groups excluding carboxylic acids is 1. The average Bonchev–Trinajstić information content (AvgIpc) is 2.41. The first kappa shape index (κ1) is 16.5. The normalized spacial score (nSPS) is 10.8. The summed E-state index contributed by atoms with van der Waals surface area (Å²) >= 11 is 0. The van der Waals surface area contributed by atoms with Crippen molar-refractivity contribution in [2.24, 2.45) is 0 Å². The molecule has 0 atom stereocenters. The molecule has 1 amide bonds. The van der Waals surface area contributed by atoms with Crippen molar-refractivity contribution in [3.05, 3.63) is 29.8 Å². The van der Waals surface area contributed by atoms with Gasteiger partial charge in [-0.3, -0.25) is 4.79 Å². The minimum Gasteiger partial charge on any atom is -0.399 e. The highest BCUT2D eigenvalue weighted by molar-refractivity contribution is 5.76. The van der Waals surface area contributed by atoms with Gasteiger partial charge in [0.1, 0.15) is 0 Å². The molecular formula is C17H28N2O. The number of unbranched alkanes of at least 4 members (excludes halogenated alkanes) is 2. The zero-order valence-electron chi connectivity index (χ0n) is 13.1. The lowest BCUT2D eigenvalue weighted by Crippen LogP contribution is -2.37. The molecule has 0 fully saturated rings. The molecule has 1 aromatic carbocycles. The summed E-state index contributed by atoms with van der Waals surface area (Å²) in [6.45, 7) is 7.23. The van der Waals surface area contributed by atoms with E-state index in [0.29, 0.717) is 6.42 Å². The molecule has 0 spiro atoms. The zero-order chi connectivity index (χ0) is 15.0. The Morgan fingerprint density at radius 1 is 1.30 bits per heavy atom. The van der Waals surface area contributed by atoms with E-state index in [1.165, 1.54) is 12.8 Å². The van der Waals surface area contributed by atoms with E-state index in [1.807, 2.05) is 29.2 Å². The molecule has 0 saturated heterocycles. The van der Waals surface area contributed by atoms with E-state index >= 15 is 0 Å². The Morgan fingerprint density at radius 2 is 2.05 bits per heavy atom. The van der Waals surface area contributed by atoms with E-state index in [0.717, 1.165) is 30.6 Å². The molecule has 3 heteroatoms. The number of carbonyl (C=O) groups is 1. The van der Waals surface area contributed by atoms with Gasteiger partial charge < -0.3 is 10.6 Å². The molecule has 0 heterocycles. The third kappa shape index (κ3) is 5.64. The third-order valence-electron chi connectivity index (χ3n) is 3.52. The summed E-state index contributed by atoms with van der Waals surface area (Å²) in [5, 5.41) is 0. The highest BCUT2D eigenvalue weighted by Gasteiger charge is 2.16. The minimum absolute atomic E-state index is 0.249. The second-order valence-electron chi connectivity index (χ2n) is 5.63. The quantitative estimate of drug-likeness (QED) is 0.582. The van der Waals surface area contributed by atoms with E-state index in [2.05, 4.69) is 20.8 Å². The first-order chi connectivity index (χ1) is 9.54. The van der Waals surface area contributed by atoms with Crippen molar-refractivity contribution in [2.75, 3.05) is 12.3 Å². The van der Waals surface area contributed by atoms with E-state index in [9.17, 15) is 4.79 Å². The molecule has 3 nitrogen and oxygen atoms in total. The van der Waals surface area contributed by atoms with Crippen LogP contribution in [0.3, 0.4) is 0 Å². The minimum atomic E-state index is 0.249. The number of nitrogen functional groups attached to an aromatic ring is 1. The van der Waals surface area contributed by atoms with Crippen molar-refractivity contribution in [3.63, 3.8) is 0 Å². The molecule has 20 heavy (non-hydrogen) atoms. The summed E-state index contributed by atoms with van der Waals surface area (Å²) in [7, 11) is 0. The summed E-state index contributed by atoms with van der Waals surface area (Å²) in [5.74, 6) is 0.249. The number of hydrogen-bond donors (Lipinski definition) is 1. The van der Waals surface area contributed by atoms with Gasteiger partial charge in [0.2, 0.25) is 5.91 Å². The maximum Gasteiger partial charge on any atom is 0.223 e. The SMILES string of the molecule is CCCCCN(C(=O)CCc1cccc(N)c1)C(C)C. The van der Waals surface area contributed by atoms with Gasteiger partial charge in [0.15, 0.2) is 0 Å². The van der Waals surface area contributed by atoms with Crippen molar-refractivity contribution < 1.29 is 4.79 Å². The molecule has 0 unspecified atom stereocenters. The Morgan fingerprint density at radius 3 is 2.65 bits per heavy atom.